The second kappa shape index (κ2) is 10.8. The molecule has 0 saturated heterocycles. The average molecular weight is 673 g/mol. The van der Waals surface area contributed by atoms with Crippen LogP contribution in [0, 0.1) is 0 Å². The van der Waals surface area contributed by atoms with Crippen molar-refractivity contribution in [3.63, 3.8) is 0 Å². The molecule has 8 aromatic carbocycles. The molecule has 234 valence electrons. The number of benzene rings is 8. The number of thiophene rings is 2. The first-order valence-corrected chi connectivity index (χ1v) is 18.6. The van der Waals surface area contributed by atoms with Crippen molar-refractivity contribution in [2.24, 2.45) is 0 Å². The van der Waals surface area contributed by atoms with Crippen LogP contribution in [0.2, 0.25) is 0 Å². The molecule has 0 amide bonds. The largest absolute Gasteiger partial charge is 0.308 e. The molecule has 4 heteroatoms. The number of hydrogen-bond acceptors (Lipinski definition) is 3. The van der Waals surface area contributed by atoms with Crippen molar-refractivity contribution in [1.82, 2.24) is 4.57 Å². The van der Waals surface area contributed by atoms with E-state index in [0.29, 0.717) is 0 Å². The highest BCUT2D eigenvalue weighted by atomic mass is 32.1. The van der Waals surface area contributed by atoms with Crippen LogP contribution in [0.4, 0.5) is 17.1 Å². The third kappa shape index (κ3) is 4.01. The van der Waals surface area contributed by atoms with E-state index < -0.39 is 0 Å². The van der Waals surface area contributed by atoms with Crippen LogP contribution in [0.5, 0.6) is 0 Å². The summed E-state index contributed by atoms with van der Waals surface area (Å²) in [7, 11) is 0. The molecule has 0 atom stereocenters. The molecule has 0 spiro atoms. The Morgan fingerprint density at radius 2 is 1.08 bits per heavy atom. The zero-order valence-electron chi connectivity index (χ0n) is 26.9. The second-order valence-electron chi connectivity index (χ2n) is 12.9. The zero-order valence-corrected chi connectivity index (χ0v) is 28.5. The lowest BCUT2D eigenvalue weighted by atomic mass is 10.0. The third-order valence-corrected chi connectivity index (χ3v) is 12.5. The number of para-hydroxylation sites is 3. The van der Waals surface area contributed by atoms with Crippen molar-refractivity contribution >= 4 is 113 Å². The molecular formula is C46H28N2S2. The molecule has 0 fully saturated rings. The summed E-state index contributed by atoms with van der Waals surface area (Å²) in [4.78, 5) is 2.54. The van der Waals surface area contributed by atoms with Gasteiger partial charge in [-0.25, -0.2) is 0 Å². The van der Waals surface area contributed by atoms with Gasteiger partial charge < -0.3 is 9.47 Å². The van der Waals surface area contributed by atoms with Gasteiger partial charge in [0.25, 0.3) is 0 Å². The van der Waals surface area contributed by atoms with Gasteiger partial charge in [0, 0.05) is 62.5 Å². The number of aromatic nitrogens is 1. The highest BCUT2D eigenvalue weighted by Crippen LogP contribution is 2.51. The monoisotopic (exact) mass is 672 g/mol. The van der Waals surface area contributed by atoms with Gasteiger partial charge in [0.2, 0.25) is 0 Å². The maximum atomic E-state index is 2.54. The van der Waals surface area contributed by atoms with Gasteiger partial charge >= 0.3 is 0 Å². The molecule has 50 heavy (non-hydrogen) atoms. The van der Waals surface area contributed by atoms with Crippen molar-refractivity contribution in [3.05, 3.63) is 170 Å². The van der Waals surface area contributed by atoms with E-state index in [1.807, 2.05) is 22.7 Å². The highest BCUT2D eigenvalue weighted by Gasteiger charge is 2.25. The quantitative estimate of drug-likeness (QED) is 0.181. The van der Waals surface area contributed by atoms with E-state index in [1.54, 1.807) is 0 Å². The second-order valence-corrected chi connectivity index (χ2v) is 15.0. The average Bonchev–Trinajstić information content (AvgIpc) is 3.85. The fraction of sp³-hybridized carbons (Fsp3) is 0. The molecule has 0 aliphatic rings. The zero-order chi connectivity index (χ0) is 32.8. The van der Waals surface area contributed by atoms with Crippen LogP contribution < -0.4 is 4.90 Å². The third-order valence-electron chi connectivity index (χ3n) is 10.1. The Kier molecular flexibility index (Phi) is 6.03. The Bertz CT molecular complexity index is 3110. The van der Waals surface area contributed by atoms with Crippen LogP contribution >= 0.6 is 22.7 Å². The van der Waals surface area contributed by atoms with E-state index in [9.17, 15) is 0 Å². The Balaban J connectivity index is 1.32. The van der Waals surface area contributed by atoms with Gasteiger partial charge in [0.15, 0.2) is 0 Å². The fourth-order valence-corrected chi connectivity index (χ4v) is 10.4. The summed E-state index contributed by atoms with van der Waals surface area (Å²) >= 11 is 3.77. The molecule has 11 rings (SSSR count). The molecular weight excluding hydrogens is 645 g/mol. The molecule has 0 saturated carbocycles. The molecule has 11 aromatic rings. The lowest BCUT2D eigenvalue weighted by Crippen LogP contribution is -2.12. The lowest BCUT2D eigenvalue weighted by Gasteiger charge is -2.28. The minimum absolute atomic E-state index is 1.15. The van der Waals surface area contributed by atoms with Gasteiger partial charge in [-0.05, 0) is 65.4 Å². The standard InChI is InChI=1S/C46H28N2S2/c1-2-14-30(15-3-1)48-38-21-9-6-17-33(38)36-20-12-22-39(45(36)48)47(31-25-26-35-34-18-7-10-23-41(34)49-43(35)28-31)40-27-29-13-4-5-16-32(29)46-44(40)37-19-8-11-24-42(37)50-46/h1-28H. The summed E-state index contributed by atoms with van der Waals surface area (Å²) in [5.74, 6) is 0. The summed E-state index contributed by atoms with van der Waals surface area (Å²) in [6.07, 6.45) is 0. The molecule has 0 aliphatic carbocycles. The van der Waals surface area contributed by atoms with Gasteiger partial charge in [-0.3, -0.25) is 0 Å². The Hall–Kier alpha value is -5.94. The maximum Gasteiger partial charge on any atom is 0.0782 e. The van der Waals surface area contributed by atoms with E-state index >= 15 is 0 Å². The van der Waals surface area contributed by atoms with Gasteiger partial charge in [0.05, 0.1) is 22.4 Å². The summed E-state index contributed by atoms with van der Waals surface area (Å²) in [5, 5.41) is 10.2. The summed E-state index contributed by atoms with van der Waals surface area (Å²) in [6, 6.07) is 62.4. The van der Waals surface area contributed by atoms with E-state index in [1.165, 1.54) is 78.6 Å². The van der Waals surface area contributed by atoms with Crippen molar-refractivity contribution < 1.29 is 0 Å². The van der Waals surface area contributed by atoms with E-state index in [0.717, 1.165) is 17.1 Å². The topological polar surface area (TPSA) is 8.17 Å². The smallest absolute Gasteiger partial charge is 0.0782 e. The van der Waals surface area contributed by atoms with Crippen LogP contribution in [-0.2, 0) is 0 Å². The summed E-state index contributed by atoms with van der Waals surface area (Å²) in [5.41, 5.74) is 7.02. The SMILES string of the molecule is c1ccc(-n2c3ccccc3c3cccc(N(c4ccc5c(c4)sc4ccccc45)c4cc5ccccc5c5sc6ccccc6c45)c32)cc1. The van der Waals surface area contributed by atoms with Gasteiger partial charge in [-0.15, -0.1) is 22.7 Å². The molecule has 2 nitrogen and oxygen atoms in total. The first-order chi connectivity index (χ1) is 24.8. The van der Waals surface area contributed by atoms with Crippen LogP contribution in [0.15, 0.2) is 170 Å². The number of anilines is 3. The predicted octanol–water partition coefficient (Wildman–Crippen LogP) is 14.1. The first-order valence-electron chi connectivity index (χ1n) is 16.9. The Labute approximate surface area is 296 Å². The number of rotatable bonds is 4. The van der Waals surface area contributed by atoms with Crippen molar-refractivity contribution in [2.75, 3.05) is 4.90 Å². The molecule has 0 unspecified atom stereocenters. The number of nitrogens with zero attached hydrogens (tertiary/aromatic N) is 2. The lowest BCUT2D eigenvalue weighted by molar-refractivity contribution is 1.17. The Morgan fingerprint density at radius 3 is 1.94 bits per heavy atom. The van der Waals surface area contributed by atoms with Gasteiger partial charge in [-0.1, -0.05) is 115 Å². The van der Waals surface area contributed by atoms with E-state index in [4.69, 9.17) is 0 Å². The van der Waals surface area contributed by atoms with Crippen molar-refractivity contribution in [2.45, 2.75) is 0 Å². The summed E-state index contributed by atoms with van der Waals surface area (Å²) < 4.78 is 7.68. The van der Waals surface area contributed by atoms with Gasteiger partial charge in [-0.2, -0.15) is 0 Å². The van der Waals surface area contributed by atoms with Crippen LogP contribution in [-0.4, -0.2) is 4.57 Å². The molecule has 0 N–H and O–H groups in total. The van der Waals surface area contributed by atoms with Crippen molar-refractivity contribution in [3.8, 4) is 5.69 Å². The van der Waals surface area contributed by atoms with Gasteiger partial charge in [0.1, 0.15) is 0 Å². The van der Waals surface area contributed by atoms with E-state index in [2.05, 4.69) is 179 Å². The maximum absolute atomic E-state index is 2.54. The number of hydrogen-bond donors (Lipinski definition) is 0. The molecule has 3 heterocycles. The molecule has 3 aromatic heterocycles. The molecule has 0 bridgehead atoms. The summed E-state index contributed by atoms with van der Waals surface area (Å²) in [6.45, 7) is 0. The predicted molar refractivity (Wildman–Crippen MR) is 219 cm³/mol. The molecule has 0 aliphatic heterocycles. The van der Waals surface area contributed by atoms with Crippen LogP contribution in [0.25, 0.3) is 78.6 Å². The van der Waals surface area contributed by atoms with Crippen LogP contribution in [0.1, 0.15) is 0 Å². The minimum atomic E-state index is 1.15. The molecule has 0 radical (unpaired) electrons. The highest BCUT2D eigenvalue weighted by molar-refractivity contribution is 7.27. The normalized spacial score (nSPS) is 12.0. The van der Waals surface area contributed by atoms with Crippen LogP contribution in [0.3, 0.4) is 0 Å². The number of fused-ring (bicyclic) bond motifs is 11. The van der Waals surface area contributed by atoms with Crippen molar-refractivity contribution in [1.29, 1.82) is 0 Å². The first kappa shape index (κ1) is 28.0. The Morgan fingerprint density at radius 1 is 0.420 bits per heavy atom. The van der Waals surface area contributed by atoms with E-state index in [-0.39, 0.29) is 0 Å². The minimum Gasteiger partial charge on any atom is -0.308 e. The fourth-order valence-electron chi connectivity index (χ4n) is 8.00.